The summed E-state index contributed by atoms with van der Waals surface area (Å²) in [6, 6.07) is 10.9. The minimum atomic E-state index is -0.243. The molecule has 5 nitrogen and oxygen atoms in total. The summed E-state index contributed by atoms with van der Waals surface area (Å²) in [4.78, 5) is 15.9. The molecule has 0 bridgehead atoms. The third kappa shape index (κ3) is 4.07. The molecule has 2 rings (SSSR count). The van der Waals surface area contributed by atoms with Crippen LogP contribution in [0.15, 0.2) is 48.7 Å². The predicted molar refractivity (Wildman–Crippen MR) is 81.4 cm³/mol. The Bertz CT molecular complexity index is 636. The van der Waals surface area contributed by atoms with Crippen LogP contribution >= 0.6 is 0 Å². The number of carbonyl (C=O) groups is 1. The average molecular weight is 284 g/mol. The van der Waals surface area contributed by atoms with Crippen LogP contribution in [-0.2, 0) is 4.79 Å². The van der Waals surface area contributed by atoms with Gasteiger partial charge in [-0.1, -0.05) is 18.2 Å². The highest BCUT2D eigenvalue weighted by atomic mass is 16.5. The highest BCUT2D eigenvalue weighted by Crippen LogP contribution is 2.18. The first kappa shape index (κ1) is 14.6. The van der Waals surface area contributed by atoms with Gasteiger partial charge in [-0.05, 0) is 18.2 Å². The van der Waals surface area contributed by atoms with Gasteiger partial charge in [0.25, 0.3) is 0 Å². The SMILES string of the molecule is COc1ccc(NC(=O)/C=C/c2ccccc2OC)cn1. The molecule has 1 N–H and O–H groups in total. The normalized spacial score (nSPS) is 10.4. The Balaban J connectivity index is 2.02. The minimum absolute atomic E-state index is 0.243. The van der Waals surface area contributed by atoms with Crippen LogP contribution in [0.4, 0.5) is 5.69 Å². The number of pyridine rings is 1. The smallest absolute Gasteiger partial charge is 0.248 e. The average Bonchev–Trinajstić information content (AvgIpc) is 2.54. The van der Waals surface area contributed by atoms with Crippen LogP contribution in [0.3, 0.4) is 0 Å². The highest BCUT2D eigenvalue weighted by Gasteiger charge is 2.01. The first-order valence-corrected chi connectivity index (χ1v) is 6.35. The van der Waals surface area contributed by atoms with Gasteiger partial charge >= 0.3 is 0 Å². The van der Waals surface area contributed by atoms with Gasteiger partial charge in [-0.2, -0.15) is 0 Å². The maximum atomic E-state index is 11.8. The lowest BCUT2D eigenvalue weighted by Crippen LogP contribution is -2.08. The number of rotatable bonds is 5. The Kier molecular flexibility index (Phi) is 4.93. The van der Waals surface area contributed by atoms with Crippen molar-refractivity contribution < 1.29 is 14.3 Å². The van der Waals surface area contributed by atoms with Crippen molar-refractivity contribution >= 4 is 17.7 Å². The van der Waals surface area contributed by atoms with E-state index in [1.54, 1.807) is 25.3 Å². The molecule has 0 aliphatic carbocycles. The molecule has 2 aromatic rings. The van der Waals surface area contributed by atoms with Crippen molar-refractivity contribution in [3.05, 3.63) is 54.2 Å². The van der Waals surface area contributed by atoms with Crippen molar-refractivity contribution in [1.82, 2.24) is 4.98 Å². The summed E-state index contributed by atoms with van der Waals surface area (Å²) in [5.74, 6) is 0.970. The number of benzene rings is 1. The van der Waals surface area contributed by atoms with Gasteiger partial charge in [-0.15, -0.1) is 0 Å². The number of hydrogen-bond acceptors (Lipinski definition) is 4. The summed E-state index contributed by atoms with van der Waals surface area (Å²) in [5, 5.41) is 2.72. The molecule has 0 fully saturated rings. The van der Waals surface area contributed by atoms with Crippen molar-refractivity contribution in [2.75, 3.05) is 19.5 Å². The molecule has 0 unspecified atom stereocenters. The van der Waals surface area contributed by atoms with E-state index in [0.29, 0.717) is 17.3 Å². The Morgan fingerprint density at radius 3 is 2.62 bits per heavy atom. The summed E-state index contributed by atoms with van der Waals surface area (Å²) in [7, 11) is 3.13. The van der Waals surface area contributed by atoms with Crippen molar-refractivity contribution in [3.8, 4) is 11.6 Å². The second-order valence-corrected chi connectivity index (χ2v) is 4.15. The first-order valence-electron chi connectivity index (χ1n) is 6.35. The molecule has 0 spiro atoms. The molecule has 1 aromatic carbocycles. The van der Waals surface area contributed by atoms with Gasteiger partial charge in [0.15, 0.2) is 0 Å². The second-order valence-electron chi connectivity index (χ2n) is 4.15. The topological polar surface area (TPSA) is 60.5 Å². The maximum absolute atomic E-state index is 11.8. The molecule has 0 atom stereocenters. The van der Waals surface area contributed by atoms with Gasteiger partial charge < -0.3 is 14.8 Å². The number of anilines is 1. The highest BCUT2D eigenvalue weighted by molar-refractivity contribution is 6.02. The molecular formula is C16H16N2O3. The monoisotopic (exact) mass is 284 g/mol. The third-order valence-electron chi connectivity index (χ3n) is 2.77. The van der Waals surface area contributed by atoms with E-state index in [2.05, 4.69) is 10.3 Å². The third-order valence-corrected chi connectivity index (χ3v) is 2.77. The summed E-state index contributed by atoms with van der Waals surface area (Å²) >= 11 is 0. The van der Waals surface area contributed by atoms with Crippen LogP contribution in [0.1, 0.15) is 5.56 Å². The van der Waals surface area contributed by atoms with Gasteiger partial charge in [0.05, 0.1) is 26.1 Å². The Morgan fingerprint density at radius 1 is 1.14 bits per heavy atom. The Morgan fingerprint density at radius 2 is 1.95 bits per heavy atom. The molecule has 0 radical (unpaired) electrons. The number of carbonyl (C=O) groups excluding carboxylic acids is 1. The fourth-order valence-electron chi connectivity index (χ4n) is 1.73. The van der Waals surface area contributed by atoms with Crippen molar-refractivity contribution in [1.29, 1.82) is 0 Å². The van der Waals surface area contributed by atoms with Gasteiger partial charge in [0.1, 0.15) is 5.75 Å². The van der Waals surface area contributed by atoms with Crippen molar-refractivity contribution in [2.45, 2.75) is 0 Å². The van der Waals surface area contributed by atoms with E-state index < -0.39 is 0 Å². The quantitative estimate of drug-likeness (QED) is 0.858. The molecule has 108 valence electrons. The zero-order chi connectivity index (χ0) is 15.1. The molecule has 21 heavy (non-hydrogen) atoms. The van der Waals surface area contributed by atoms with Crippen LogP contribution in [0, 0.1) is 0 Å². The summed E-state index contributed by atoms with van der Waals surface area (Å²) in [5.41, 5.74) is 1.44. The molecule has 1 amide bonds. The van der Waals surface area contributed by atoms with Gasteiger partial charge in [-0.25, -0.2) is 4.98 Å². The van der Waals surface area contributed by atoms with Gasteiger partial charge in [0.2, 0.25) is 11.8 Å². The van der Waals surface area contributed by atoms with Crippen LogP contribution in [0.5, 0.6) is 11.6 Å². The van der Waals surface area contributed by atoms with Crippen molar-refractivity contribution in [2.24, 2.45) is 0 Å². The second kappa shape index (κ2) is 7.09. The van der Waals surface area contributed by atoms with E-state index in [4.69, 9.17) is 9.47 Å². The summed E-state index contributed by atoms with van der Waals surface area (Å²) < 4.78 is 10.2. The maximum Gasteiger partial charge on any atom is 0.248 e. The van der Waals surface area contributed by atoms with Crippen LogP contribution in [0.25, 0.3) is 6.08 Å². The van der Waals surface area contributed by atoms with Crippen LogP contribution in [-0.4, -0.2) is 25.1 Å². The van der Waals surface area contributed by atoms with Crippen molar-refractivity contribution in [3.63, 3.8) is 0 Å². The van der Waals surface area contributed by atoms with E-state index >= 15 is 0 Å². The minimum Gasteiger partial charge on any atom is -0.496 e. The number of aromatic nitrogens is 1. The summed E-state index contributed by atoms with van der Waals surface area (Å²) in [6.07, 6.45) is 4.68. The number of ether oxygens (including phenoxy) is 2. The Hall–Kier alpha value is -2.82. The number of hydrogen-bond donors (Lipinski definition) is 1. The van der Waals surface area contributed by atoms with E-state index in [1.165, 1.54) is 19.4 Å². The number of nitrogens with one attached hydrogen (secondary N) is 1. The number of nitrogens with zero attached hydrogens (tertiary/aromatic N) is 1. The zero-order valence-corrected chi connectivity index (χ0v) is 11.9. The fraction of sp³-hybridized carbons (Fsp3) is 0.125. The fourth-order valence-corrected chi connectivity index (χ4v) is 1.73. The van der Waals surface area contributed by atoms with E-state index in [1.807, 2.05) is 24.3 Å². The van der Waals surface area contributed by atoms with Gasteiger partial charge in [0, 0.05) is 17.7 Å². The van der Waals surface area contributed by atoms with Crippen LogP contribution in [0.2, 0.25) is 0 Å². The molecule has 1 aromatic heterocycles. The lowest BCUT2D eigenvalue weighted by Gasteiger charge is -2.04. The molecule has 0 saturated heterocycles. The lowest BCUT2D eigenvalue weighted by molar-refractivity contribution is -0.111. The lowest BCUT2D eigenvalue weighted by atomic mass is 10.2. The largest absolute Gasteiger partial charge is 0.496 e. The first-order chi connectivity index (χ1) is 10.2. The Labute approximate surface area is 123 Å². The molecular weight excluding hydrogens is 268 g/mol. The zero-order valence-electron chi connectivity index (χ0n) is 11.9. The summed E-state index contributed by atoms with van der Waals surface area (Å²) in [6.45, 7) is 0. The van der Waals surface area contributed by atoms with E-state index in [0.717, 1.165) is 5.56 Å². The van der Waals surface area contributed by atoms with E-state index in [-0.39, 0.29) is 5.91 Å². The number of amides is 1. The molecule has 1 heterocycles. The number of methoxy groups -OCH3 is 2. The number of para-hydroxylation sites is 1. The standard InChI is InChI=1S/C16H16N2O3/c1-20-14-6-4-3-5-12(14)7-9-15(19)18-13-8-10-16(21-2)17-11-13/h3-11H,1-2H3,(H,18,19)/b9-7+. The molecule has 5 heteroatoms. The molecule has 0 saturated carbocycles. The molecule has 0 aliphatic rings. The van der Waals surface area contributed by atoms with Gasteiger partial charge in [-0.3, -0.25) is 4.79 Å². The molecule has 0 aliphatic heterocycles. The van der Waals surface area contributed by atoms with Crippen LogP contribution < -0.4 is 14.8 Å². The van der Waals surface area contributed by atoms with E-state index in [9.17, 15) is 4.79 Å². The predicted octanol–water partition coefficient (Wildman–Crippen LogP) is 2.75.